The zero-order valence-corrected chi connectivity index (χ0v) is 13.9. The first-order chi connectivity index (χ1) is 11.6. The number of morpholine rings is 1. The van der Waals surface area contributed by atoms with Gasteiger partial charge in [-0.3, -0.25) is 0 Å². The zero-order valence-electron chi connectivity index (χ0n) is 13.1. The Morgan fingerprint density at radius 2 is 1.71 bits per heavy atom. The second-order valence-corrected chi connectivity index (χ2v) is 7.22. The van der Waals surface area contributed by atoms with Crippen LogP contribution in [0.5, 0.6) is 0 Å². The van der Waals surface area contributed by atoms with E-state index in [1.165, 1.54) is 18.2 Å². The predicted octanol–water partition coefficient (Wildman–Crippen LogP) is 2.14. The monoisotopic (exact) mass is 350 g/mol. The summed E-state index contributed by atoms with van der Waals surface area (Å²) in [5.41, 5.74) is 1.82. The van der Waals surface area contributed by atoms with Gasteiger partial charge >= 0.3 is 0 Å². The molecule has 1 fully saturated rings. The summed E-state index contributed by atoms with van der Waals surface area (Å²) in [6.07, 6.45) is 0. The van der Waals surface area contributed by atoms with Crippen molar-refractivity contribution in [3.05, 3.63) is 59.9 Å². The first-order valence-electron chi connectivity index (χ1n) is 7.73. The fourth-order valence-electron chi connectivity index (χ4n) is 2.69. The van der Waals surface area contributed by atoms with Crippen molar-refractivity contribution in [2.75, 3.05) is 31.2 Å². The van der Waals surface area contributed by atoms with Crippen molar-refractivity contribution < 1.29 is 17.5 Å². The first kappa shape index (κ1) is 16.9. The molecule has 128 valence electrons. The van der Waals surface area contributed by atoms with Crippen LogP contribution in [-0.2, 0) is 21.3 Å². The number of nitrogens with zero attached hydrogens (tertiary/aromatic N) is 1. The smallest absolute Gasteiger partial charge is 0.243 e. The Bertz CT molecular complexity index is 805. The summed E-state index contributed by atoms with van der Waals surface area (Å²) >= 11 is 0. The third kappa shape index (κ3) is 3.75. The number of para-hydroxylation sites is 1. The van der Waals surface area contributed by atoms with Gasteiger partial charge in [-0.05, 0) is 23.8 Å². The molecule has 0 radical (unpaired) electrons. The van der Waals surface area contributed by atoms with Gasteiger partial charge in [0, 0.05) is 25.3 Å². The molecule has 0 aliphatic carbocycles. The molecule has 2 aromatic carbocycles. The molecule has 0 atom stereocenters. The Kier molecular flexibility index (Phi) is 5.13. The van der Waals surface area contributed by atoms with Crippen LogP contribution in [0, 0.1) is 5.82 Å². The summed E-state index contributed by atoms with van der Waals surface area (Å²) in [5.74, 6) is -0.758. The number of rotatable bonds is 5. The minimum Gasteiger partial charge on any atom is -0.378 e. The van der Waals surface area contributed by atoms with Crippen molar-refractivity contribution in [2.24, 2.45) is 0 Å². The van der Waals surface area contributed by atoms with E-state index in [1.54, 1.807) is 0 Å². The van der Waals surface area contributed by atoms with E-state index < -0.39 is 15.8 Å². The van der Waals surface area contributed by atoms with Crippen LogP contribution in [0.1, 0.15) is 5.56 Å². The summed E-state index contributed by atoms with van der Waals surface area (Å²) < 4.78 is 46.2. The molecule has 1 aliphatic heterocycles. The second-order valence-electron chi connectivity index (χ2n) is 5.48. The van der Waals surface area contributed by atoms with Gasteiger partial charge < -0.3 is 9.64 Å². The van der Waals surface area contributed by atoms with Crippen LogP contribution in [0.3, 0.4) is 0 Å². The van der Waals surface area contributed by atoms with Crippen LogP contribution in [0.4, 0.5) is 10.1 Å². The van der Waals surface area contributed by atoms with E-state index in [2.05, 4.69) is 9.62 Å². The fraction of sp³-hybridized carbons (Fsp3) is 0.294. The molecule has 0 amide bonds. The van der Waals surface area contributed by atoms with Crippen molar-refractivity contribution in [1.29, 1.82) is 0 Å². The highest BCUT2D eigenvalue weighted by Crippen LogP contribution is 2.22. The predicted molar refractivity (Wildman–Crippen MR) is 89.9 cm³/mol. The van der Waals surface area contributed by atoms with E-state index in [4.69, 9.17) is 4.74 Å². The fourth-order valence-corrected chi connectivity index (χ4v) is 3.77. The standard InChI is InChI=1S/C17H19FN2O3S/c18-15-6-2-4-8-17(15)24(21,22)19-13-14-5-1-3-7-16(14)20-9-11-23-12-10-20/h1-8,19H,9-13H2. The highest BCUT2D eigenvalue weighted by atomic mass is 32.2. The van der Waals surface area contributed by atoms with Gasteiger partial charge in [-0.25, -0.2) is 17.5 Å². The van der Waals surface area contributed by atoms with Crippen LogP contribution >= 0.6 is 0 Å². The van der Waals surface area contributed by atoms with Crippen LogP contribution in [0.2, 0.25) is 0 Å². The van der Waals surface area contributed by atoms with E-state index in [0.29, 0.717) is 13.2 Å². The average molecular weight is 350 g/mol. The van der Waals surface area contributed by atoms with Crippen LogP contribution in [-0.4, -0.2) is 34.7 Å². The molecule has 5 nitrogen and oxygen atoms in total. The maximum Gasteiger partial charge on any atom is 0.243 e. The summed E-state index contributed by atoms with van der Waals surface area (Å²) in [6, 6.07) is 13.0. The largest absolute Gasteiger partial charge is 0.378 e. The molecular formula is C17H19FN2O3S. The number of sulfonamides is 1. The lowest BCUT2D eigenvalue weighted by atomic mass is 10.1. The minimum absolute atomic E-state index is 0.101. The highest BCUT2D eigenvalue weighted by molar-refractivity contribution is 7.89. The van der Waals surface area contributed by atoms with Crippen LogP contribution < -0.4 is 9.62 Å². The van der Waals surface area contributed by atoms with Crippen molar-refractivity contribution in [3.63, 3.8) is 0 Å². The average Bonchev–Trinajstić information content (AvgIpc) is 2.61. The van der Waals surface area contributed by atoms with Gasteiger partial charge in [-0.1, -0.05) is 30.3 Å². The lowest BCUT2D eigenvalue weighted by Crippen LogP contribution is -2.37. The van der Waals surface area contributed by atoms with E-state index in [9.17, 15) is 12.8 Å². The maximum absolute atomic E-state index is 13.7. The van der Waals surface area contributed by atoms with Gasteiger partial charge in [0.15, 0.2) is 0 Å². The van der Waals surface area contributed by atoms with Gasteiger partial charge in [0.2, 0.25) is 10.0 Å². The molecule has 0 bridgehead atoms. The molecule has 1 heterocycles. The Morgan fingerprint density at radius 3 is 2.46 bits per heavy atom. The van der Waals surface area contributed by atoms with Gasteiger partial charge in [-0.15, -0.1) is 0 Å². The first-order valence-corrected chi connectivity index (χ1v) is 9.21. The van der Waals surface area contributed by atoms with E-state index in [-0.39, 0.29) is 11.4 Å². The molecule has 1 N–H and O–H groups in total. The SMILES string of the molecule is O=S(=O)(NCc1ccccc1N1CCOCC1)c1ccccc1F. The van der Waals surface area contributed by atoms with Gasteiger partial charge in [0.05, 0.1) is 13.2 Å². The molecule has 0 saturated carbocycles. The third-order valence-corrected chi connectivity index (χ3v) is 5.36. The topological polar surface area (TPSA) is 58.6 Å². The number of ether oxygens (including phenoxy) is 1. The number of nitrogens with one attached hydrogen (secondary N) is 1. The van der Waals surface area contributed by atoms with E-state index >= 15 is 0 Å². The van der Waals surface area contributed by atoms with Crippen molar-refractivity contribution in [3.8, 4) is 0 Å². The van der Waals surface area contributed by atoms with E-state index in [1.807, 2.05) is 24.3 Å². The van der Waals surface area contributed by atoms with Crippen LogP contribution in [0.15, 0.2) is 53.4 Å². The molecule has 2 aromatic rings. The lowest BCUT2D eigenvalue weighted by Gasteiger charge is -2.30. The number of anilines is 1. The third-order valence-electron chi connectivity index (χ3n) is 3.92. The second kappa shape index (κ2) is 7.29. The minimum atomic E-state index is -3.90. The number of benzene rings is 2. The normalized spacial score (nSPS) is 15.5. The molecule has 24 heavy (non-hydrogen) atoms. The summed E-state index contributed by atoms with van der Waals surface area (Å²) in [7, 11) is -3.90. The maximum atomic E-state index is 13.7. The van der Waals surface area contributed by atoms with Gasteiger partial charge in [0.25, 0.3) is 0 Å². The Balaban J connectivity index is 1.78. The van der Waals surface area contributed by atoms with Crippen LogP contribution in [0.25, 0.3) is 0 Å². The summed E-state index contributed by atoms with van der Waals surface area (Å²) in [5, 5.41) is 0. The Hall–Kier alpha value is -1.96. The van der Waals surface area contributed by atoms with Crippen molar-refractivity contribution in [1.82, 2.24) is 4.72 Å². The molecule has 1 saturated heterocycles. The number of hydrogen-bond donors (Lipinski definition) is 1. The number of hydrogen-bond acceptors (Lipinski definition) is 4. The molecule has 0 aromatic heterocycles. The Morgan fingerprint density at radius 1 is 1.04 bits per heavy atom. The van der Waals surface area contributed by atoms with Gasteiger partial charge in [-0.2, -0.15) is 0 Å². The highest BCUT2D eigenvalue weighted by Gasteiger charge is 2.20. The zero-order chi connectivity index (χ0) is 17.0. The molecule has 1 aliphatic rings. The van der Waals surface area contributed by atoms with Crippen molar-refractivity contribution in [2.45, 2.75) is 11.4 Å². The molecule has 0 spiro atoms. The summed E-state index contributed by atoms with van der Waals surface area (Å²) in [4.78, 5) is 1.82. The molecule has 7 heteroatoms. The summed E-state index contributed by atoms with van der Waals surface area (Å²) in [6.45, 7) is 2.92. The van der Waals surface area contributed by atoms with E-state index in [0.717, 1.165) is 30.4 Å². The van der Waals surface area contributed by atoms with Crippen molar-refractivity contribution >= 4 is 15.7 Å². The molecular weight excluding hydrogens is 331 g/mol. The quantitative estimate of drug-likeness (QED) is 0.898. The molecule has 3 rings (SSSR count). The molecule has 0 unspecified atom stereocenters. The van der Waals surface area contributed by atoms with Gasteiger partial charge in [0.1, 0.15) is 10.7 Å². The number of halogens is 1. The Labute approximate surface area is 141 Å². The lowest BCUT2D eigenvalue weighted by molar-refractivity contribution is 0.122.